The van der Waals surface area contributed by atoms with Crippen molar-refractivity contribution < 1.29 is 14.6 Å². The third-order valence-electron chi connectivity index (χ3n) is 3.55. The zero-order chi connectivity index (χ0) is 17.5. The molecule has 0 aliphatic heterocycles. The van der Waals surface area contributed by atoms with Crippen molar-refractivity contribution in [3.05, 3.63) is 41.7 Å². The summed E-state index contributed by atoms with van der Waals surface area (Å²) >= 11 is 0. The van der Waals surface area contributed by atoms with Crippen molar-refractivity contribution >= 4 is 5.97 Å². The molecule has 6 nitrogen and oxygen atoms in total. The van der Waals surface area contributed by atoms with Crippen LogP contribution in [0.25, 0.3) is 0 Å². The molecule has 0 aliphatic rings. The van der Waals surface area contributed by atoms with Crippen LogP contribution in [0.2, 0.25) is 0 Å². The third kappa shape index (κ3) is 5.73. The molecular formula is C17H25N3O3. The van der Waals surface area contributed by atoms with Gasteiger partial charge >= 0.3 is 5.97 Å². The van der Waals surface area contributed by atoms with Crippen LogP contribution in [-0.2, 0) is 12.5 Å². The summed E-state index contributed by atoms with van der Waals surface area (Å²) in [6, 6.07) is 8.37. The van der Waals surface area contributed by atoms with Gasteiger partial charge < -0.3 is 9.84 Å². The van der Waals surface area contributed by atoms with E-state index >= 15 is 0 Å². The largest absolute Gasteiger partial charge is 0.497 e. The van der Waals surface area contributed by atoms with E-state index in [9.17, 15) is 4.79 Å². The molecule has 0 atom stereocenters. The van der Waals surface area contributed by atoms with Crippen molar-refractivity contribution in [2.75, 3.05) is 7.11 Å². The Kier molecular flexibility index (Phi) is 6.75. The lowest BCUT2D eigenvalue weighted by atomic mass is 9.81. The smallest absolute Gasteiger partial charge is 0.358 e. The van der Waals surface area contributed by atoms with Gasteiger partial charge in [-0.2, -0.15) is 0 Å². The number of benzene rings is 1. The molecule has 0 saturated heterocycles. The molecule has 0 spiro atoms. The molecule has 2 rings (SSSR count). The monoisotopic (exact) mass is 319 g/mol. The van der Waals surface area contributed by atoms with Gasteiger partial charge in [0, 0.05) is 7.05 Å². The molecule has 0 bridgehead atoms. The molecule has 1 aromatic carbocycles. The predicted octanol–water partition coefficient (Wildman–Crippen LogP) is 3.29. The van der Waals surface area contributed by atoms with Gasteiger partial charge in [0.1, 0.15) is 5.75 Å². The van der Waals surface area contributed by atoms with E-state index < -0.39 is 5.97 Å². The van der Waals surface area contributed by atoms with Gasteiger partial charge in [0.25, 0.3) is 0 Å². The molecule has 1 aromatic heterocycles. The molecule has 0 unspecified atom stereocenters. The number of aromatic carboxylic acids is 1. The van der Waals surface area contributed by atoms with Crippen molar-refractivity contribution in [1.82, 2.24) is 15.0 Å². The number of aryl methyl sites for hydroxylation is 1. The average molecular weight is 319 g/mol. The highest BCUT2D eigenvalue weighted by molar-refractivity contribution is 5.84. The number of carboxylic acid groups (broad SMARTS) is 1. The molecule has 0 fully saturated rings. The Morgan fingerprint density at radius 3 is 2.52 bits per heavy atom. The summed E-state index contributed by atoms with van der Waals surface area (Å²) in [5, 5.41) is 15.0. The molecular weight excluding hydrogens is 294 g/mol. The van der Waals surface area contributed by atoms with E-state index in [1.165, 1.54) is 29.3 Å². The molecule has 0 amide bonds. The van der Waals surface area contributed by atoms with Crippen LogP contribution in [0.4, 0.5) is 0 Å². The minimum absolute atomic E-state index is 0.0301. The summed E-state index contributed by atoms with van der Waals surface area (Å²) < 4.78 is 6.56. The maximum absolute atomic E-state index is 10.1. The minimum Gasteiger partial charge on any atom is -0.497 e. The lowest BCUT2D eigenvalue weighted by Crippen LogP contribution is -2.16. The molecule has 0 saturated carbocycles. The first kappa shape index (κ1) is 18.7. The molecule has 1 heterocycles. The van der Waals surface area contributed by atoms with Crippen molar-refractivity contribution in [2.24, 2.45) is 7.05 Å². The van der Waals surface area contributed by atoms with Gasteiger partial charge in [-0.25, -0.2) is 4.79 Å². The van der Waals surface area contributed by atoms with Crippen molar-refractivity contribution in [2.45, 2.75) is 39.0 Å². The Hall–Kier alpha value is -2.37. The number of nitrogens with zero attached hydrogens (tertiary/aromatic N) is 3. The lowest BCUT2D eigenvalue weighted by molar-refractivity contribution is 0.0690. The fourth-order valence-electron chi connectivity index (χ4n) is 2.26. The highest BCUT2D eigenvalue weighted by atomic mass is 16.5. The van der Waals surface area contributed by atoms with Gasteiger partial charge in [0.2, 0.25) is 0 Å². The summed E-state index contributed by atoms with van der Waals surface area (Å²) in [7, 11) is 3.32. The van der Waals surface area contributed by atoms with E-state index in [4.69, 9.17) is 9.84 Å². The second kappa shape index (κ2) is 8.31. The minimum atomic E-state index is -1.05. The standard InChI is InChI=1S/C13H20O.C4H5N3O2/c1-5-9-13(2,3)11-7-6-8-12(10-11)14-4;1-7-2-3(4(8)9)5-6-7/h6-8,10H,5,9H2,1-4H3;2H,1H3,(H,8,9). The molecule has 23 heavy (non-hydrogen) atoms. The third-order valence-corrected chi connectivity index (χ3v) is 3.55. The zero-order valence-corrected chi connectivity index (χ0v) is 14.4. The van der Waals surface area contributed by atoms with E-state index in [2.05, 4.69) is 49.3 Å². The van der Waals surface area contributed by atoms with Gasteiger partial charge in [-0.15, -0.1) is 5.10 Å². The molecule has 0 aliphatic carbocycles. The van der Waals surface area contributed by atoms with Crippen LogP contribution in [0, 0.1) is 0 Å². The molecule has 1 N–H and O–H groups in total. The fraction of sp³-hybridized carbons (Fsp3) is 0.471. The number of carbonyl (C=O) groups is 1. The van der Waals surface area contributed by atoms with Crippen LogP contribution in [0.5, 0.6) is 5.75 Å². The summed E-state index contributed by atoms with van der Waals surface area (Å²) in [4.78, 5) is 10.1. The van der Waals surface area contributed by atoms with Crippen LogP contribution in [0.1, 0.15) is 49.7 Å². The van der Waals surface area contributed by atoms with Crippen LogP contribution in [0.15, 0.2) is 30.5 Å². The number of hydrogen-bond donors (Lipinski definition) is 1. The van der Waals surface area contributed by atoms with Crippen molar-refractivity contribution in [3.63, 3.8) is 0 Å². The first-order valence-corrected chi connectivity index (χ1v) is 7.54. The number of ether oxygens (including phenoxy) is 1. The maximum atomic E-state index is 10.1. The van der Waals surface area contributed by atoms with E-state index in [1.54, 1.807) is 14.2 Å². The predicted molar refractivity (Wildman–Crippen MR) is 88.9 cm³/mol. The second-order valence-corrected chi connectivity index (χ2v) is 5.95. The summed E-state index contributed by atoms with van der Waals surface area (Å²) in [5.41, 5.74) is 1.58. The van der Waals surface area contributed by atoms with Crippen molar-refractivity contribution in [3.8, 4) is 5.75 Å². The summed E-state index contributed by atoms with van der Waals surface area (Å²) in [5.74, 6) is -0.102. The Morgan fingerprint density at radius 1 is 1.39 bits per heavy atom. The zero-order valence-electron chi connectivity index (χ0n) is 14.4. The SMILES string of the molecule is CCCC(C)(C)c1cccc(OC)c1.Cn1cc(C(=O)O)nn1. The first-order valence-electron chi connectivity index (χ1n) is 7.54. The summed E-state index contributed by atoms with van der Waals surface area (Å²) in [6.45, 7) is 6.79. The normalized spacial score (nSPS) is 10.7. The van der Waals surface area contributed by atoms with Gasteiger partial charge in [-0.05, 0) is 29.5 Å². The highest BCUT2D eigenvalue weighted by Crippen LogP contribution is 2.30. The van der Waals surface area contributed by atoms with E-state index in [1.807, 2.05) is 6.07 Å². The van der Waals surface area contributed by atoms with Crippen LogP contribution >= 0.6 is 0 Å². The molecule has 2 aromatic rings. The number of carboxylic acids is 1. The Morgan fingerprint density at radius 2 is 2.09 bits per heavy atom. The van der Waals surface area contributed by atoms with Gasteiger partial charge in [0.05, 0.1) is 13.3 Å². The lowest BCUT2D eigenvalue weighted by Gasteiger charge is -2.25. The van der Waals surface area contributed by atoms with Crippen molar-refractivity contribution in [1.29, 1.82) is 0 Å². The van der Waals surface area contributed by atoms with Crippen LogP contribution in [0.3, 0.4) is 0 Å². The fourth-order valence-corrected chi connectivity index (χ4v) is 2.26. The highest BCUT2D eigenvalue weighted by Gasteiger charge is 2.19. The maximum Gasteiger partial charge on any atom is 0.358 e. The Balaban J connectivity index is 0.000000253. The Bertz CT molecular complexity index is 636. The number of methoxy groups -OCH3 is 1. The topological polar surface area (TPSA) is 77.2 Å². The molecule has 126 valence electrons. The van der Waals surface area contributed by atoms with E-state index in [0.29, 0.717) is 0 Å². The van der Waals surface area contributed by atoms with E-state index in [-0.39, 0.29) is 11.1 Å². The average Bonchev–Trinajstić information content (AvgIpc) is 2.95. The van der Waals surface area contributed by atoms with Gasteiger partial charge in [-0.1, -0.05) is 44.5 Å². The van der Waals surface area contributed by atoms with Crippen LogP contribution < -0.4 is 4.74 Å². The van der Waals surface area contributed by atoms with Gasteiger partial charge in [0.15, 0.2) is 5.69 Å². The van der Waals surface area contributed by atoms with Gasteiger partial charge in [-0.3, -0.25) is 4.68 Å². The number of aromatic nitrogens is 3. The number of rotatable bonds is 5. The summed E-state index contributed by atoms with van der Waals surface area (Å²) in [6.07, 6.45) is 3.76. The molecule has 0 radical (unpaired) electrons. The Labute approximate surface area is 137 Å². The second-order valence-electron chi connectivity index (χ2n) is 5.95. The van der Waals surface area contributed by atoms with Crippen LogP contribution in [-0.4, -0.2) is 33.2 Å². The number of hydrogen-bond acceptors (Lipinski definition) is 4. The van der Waals surface area contributed by atoms with E-state index in [0.717, 1.165) is 5.75 Å². The molecule has 6 heteroatoms. The first-order chi connectivity index (χ1) is 10.8. The quantitative estimate of drug-likeness (QED) is 0.915.